The van der Waals surface area contributed by atoms with Crippen molar-refractivity contribution in [2.75, 3.05) is 13.7 Å². The Labute approximate surface area is 130 Å². The zero-order chi connectivity index (χ0) is 16.0. The minimum atomic E-state index is -0.505. The Kier molecular flexibility index (Phi) is 7.14. The van der Waals surface area contributed by atoms with Crippen molar-refractivity contribution >= 4 is 5.97 Å². The van der Waals surface area contributed by atoms with E-state index in [1.54, 1.807) is 0 Å². The first-order valence-electron chi connectivity index (χ1n) is 8.53. The highest BCUT2D eigenvalue weighted by atomic mass is 16.5. The summed E-state index contributed by atoms with van der Waals surface area (Å²) in [5, 5.41) is 3.52. The largest absolute Gasteiger partial charge is 0.465 e. The van der Waals surface area contributed by atoms with Crippen molar-refractivity contribution in [1.82, 2.24) is 10.2 Å². The fraction of sp³-hybridized carbons (Fsp3) is 0.941. The van der Waals surface area contributed by atoms with E-state index in [0.29, 0.717) is 18.7 Å². The molecule has 21 heavy (non-hydrogen) atoms. The third-order valence-corrected chi connectivity index (χ3v) is 4.82. The molecule has 0 aromatic heterocycles. The molecule has 0 saturated heterocycles. The zero-order valence-corrected chi connectivity index (χ0v) is 14.7. The molecule has 4 nitrogen and oxygen atoms in total. The molecule has 1 aliphatic rings. The van der Waals surface area contributed by atoms with Crippen LogP contribution >= 0.6 is 0 Å². The SMILES string of the molecule is CCOC(=O)C1(NC(C)C)CCCC(N(C)C(C)CC)C1. The molecule has 0 amide bonds. The summed E-state index contributed by atoms with van der Waals surface area (Å²) in [6.45, 7) is 11.0. The molecule has 0 aromatic rings. The van der Waals surface area contributed by atoms with Crippen LogP contribution in [-0.4, -0.2) is 48.2 Å². The van der Waals surface area contributed by atoms with E-state index in [1.165, 1.54) is 6.42 Å². The van der Waals surface area contributed by atoms with Crippen molar-refractivity contribution in [2.24, 2.45) is 0 Å². The quantitative estimate of drug-likeness (QED) is 0.734. The number of hydrogen-bond donors (Lipinski definition) is 1. The molecule has 1 rings (SSSR count). The number of esters is 1. The summed E-state index contributed by atoms with van der Waals surface area (Å²) in [4.78, 5) is 15.0. The smallest absolute Gasteiger partial charge is 0.326 e. The maximum Gasteiger partial charge on any atom is 0.326 e. The van der Waals surface area contributed by atoms with Crippen LogP contribution in [0.1, 0.15) is 66.7 Å². The highest BCUT2D eigenvalue weighted by Crippen LogP contribution is 2.33. The minimum Gasteiger partial charge on any atom is -0.465 e. The fourth-order valence-corrected chi connectivity index (χ4v) is 3.44. The molecule has 1 saturated carbocycles. The van der Waals surface area contributed by atoms with Gasteiger partial charge in [-0.3, -0.25) is 10.1 Å². The van der Waals surface area contributed by atoms with Crippen LogP contribution in [0.2, 0.25) is 0 Å². The van der Waals surface area contributed by atoms with Gasteiger partial charge in [0, 0.05) is 18.1 Å². The van der Waals surface area contributed by atoms with Crippen LogP contribution in [0.3, 0.4) is 0 Å². The first-order valence-corrected chi connectivity index (χ1v) is 8.53. The van der Waals surface area contributed by atoms with Gasteiger partial charge < -0.3 is 9.64 Å². The lowest BCUT2D eigenvalue weighted by atomic mass is 9.77. The molecule has 4 heteroatoms. The average molecular weight is 298 g/mol. The first kappa shape index (κ1) is 18.4. The Hall–Kier alpha value is -0.610. The summed E-state index contributed by atoms with van der Waals surface area (Å²) in [6, 6.07) is 1.28. The lowest BCUT2D eigenvalue weighted by molar-refractivity contribution is -0.154. The van der Waals surface area contributed by atoms with E-state index in [1.807, 2.05) is 6.92 Å². The van der Waals surface area contributed by atoms with E-state index in [9.17, 15) is 4.79 Å². The van der Waals surface area contributed by atoms with Crippen LogP contribution in [0, 0.1) is 0 Å². The molecule has 3 atom stereocenters. The third kappa shape index (κ3) is 4.68. The van der Waals surface area contributed by atoms with Crippen LogP contribution in [-0.2, 0) is 9.53 Å². The highest BCUT2D eigenvalue weighted by molar-refractivity contribution is 5.81. The maximum absolute atomic E-state index is 12.6. The molecule has 0 spiro atoms. The van der Waals surface area contributed by atoms with Crippen LogP contribution in [0.5, 0.6) is 0 Å². The summed E-state index contributed by atoms with van der Waals surface area (Å²) >= 11 is 0. The van der Waals surface area contributed by atoms with Crippen molar-refractivity contribution < 1.29 is 9.53 Å². The average Bonchev–Trinajstić information content (AvgIpc) is 2.45. The Morgan fingerprint density at radius 1 is 1.38 bits per heavy atom. The second kappa shape index (κ2) is 8.14. The molecule has 0 heterocycles. The molecular formula is C17H34N2O2. The van der Waals surface area contributed by atoms with Crippen molar-refractivity contribution in [1.29, 1.82) is 0 Å². The number of carbonyl (C=O) groups excluding carboxylic acids is 1. The molecule has 1 N–H and O–H groups in total. The van der Waals surface area contributed by atoms with Crippen molar-refractivity contribution in [3.8, 4) is 0 Å². The second-order valence-corrected chi connectivity index (χ2v) is 6.77. The van der Waals surface area contributed by atoms with Gasteiger partial charge in [0.15, 0.2) is 0 Å². The van der Waals surface area contributed by atoms with E-state index in [2.05, 4.69) is 45.0 Å². The van der Waals surface area contributed by atoms with Gasteiger partial charge in [-0.1, -0.05) is 6.92 Å². The first-order chi connectivity index (χ1) is 9.86. The van der Waals surface area contributed by atoms with Crippen LogP contribution in [0.4, 0.5) is 0 Å². The van der Waals surface area contributed by atoms with Crippen LogP contribution < -0.4 is 5.32 Å². The van der Waals surface area contributed by atoms with Gasteiger partial charge in [0.1, 0.15) is 5.54 Å². The number of nitrogens with one attached hydrogen (secondary N) is 1. The van der Waals surface area contributed by atoms with E-state index in [4.69, 9.17) is 4.74 Å². The Morgan fingerprint density at radius 3 is 2.57 bits per heavy atom. The molecule has 1 fully saturated rings. The highest BCUT2D eigenvalue weighted by Gasteiger charge is 2.45. The van der Waals surface area contributed by atoms with Gasteiger partial charge in [-0.15, -0.1) is 0 Å². The van der Waals surface area contributed by atoms with Crippen LogP contribution in [0.25, 0.3) is 0 Å². The van der Waals surface area contributed by atoms with Crippen molar-refractivity contribution in [3.05, 3.63) is 0 Å². The lowest BCUT2D eigenvalue weighted by Crippen LogP contribution is -2.60. The Balaban J connectivity index is 2.89. The molecule has 0 aromatic carbocycles. The van der Waals surface area contributed by atoms with Crippen LogP contribution in [0.15, 0.2) is 0 Å². The topological polar surface area (TPSA) is 41.6 Å². The van der Waals surface area contributed by atoms with Gasteiger partial charge in [0.2, 0.25) is 0 Å². The van der Waals surface area contributed by atoms with E-state index in [0.717, 1.165) is 25.7 Å². The third-order valence-electron chi connectivity index (χ3n) is 4.82. The minimum absolute atomic E-state index is 0.0686. The fourth-order valence-electron chi connectivity index (χ4n) is 3.44. The predicted molar refractivity (Wildman–Crippen MR) is 87.4 cm³/mol. The lowest BCUT2D eigenvalue weighted by Gasteiger charge is -2.45. The van der Waals surface area contributed by atoms with Crippen molar-refractivity contribution in [2.45, 2.75) is 90.4 Å². The molecule has 0 bridgehead atoms. The zero-order valence-electron chi connectivity index (χ0n) is 14.7. The molecular weight excluding hydrogens is 264 g/mol. The summed E-state index contributed by atoms with van der Waals surface area (Å²) in [5.74, 6) is -0.0686. The molecule has 3 unspecified atom stereocenters. The molecule has 124 valence electrons. The number of ether oxygens (including phenoxy) is 1. The monoisotopic (exact) mass is 298 g/mol. The molecule has 1 aliphatic carbocycles. The molecule has 0 radical (unpaired) electrons. The summed E-state index contributed by atoms with van der Waals surface area (Å²) < 4.78 is 5.38. The number of carbonyl (C=O) groups is 1. The van der Waals surface area contributed by atoms with Gasteiger partial charge >= 0.3 is 5.97 Å². The summed E-state index contributed by atoms with van der Waals surface area (Å²) in [6.07, 6.45) is 5.11. The second-order valence-electron chi connectivity index (χ2n) is 6.77. The number of rotatable bonds is 7. The van der Waals surface area contributed by atoms with Gasteiger partial charge in [-0.25, -0.2) is 0 Å². The standard InChI is InChI=1S/C17H34N2O2/c1-7-14(5)19(6)15-10-9-11-17(12-15,18-13(3)4)16(20)21-8-2/h13-15,18H,7-12H2,1-6H3. The van der Waals surface area contributed by atoms with E-state index in [-0.39, 0.29) is 12.0 Å². The van der Waals surface area contributed by atoms with Crippen molar-refractivity contribution in [3.63, 3.8) is 0 Å². The van der Waals surface area contributed by atoms with Gasteiger partial charge in [0.05, 0.1) is 6.61 Å². The van der Waals surface area contributed by atoms with Gasteiger partial charge in [-0.05, 0) is 66.8 Å². The summed E-state index contributed by atoms with van der Waals surface area (Å²) in [7, 11) is 2.19. The number of nitrogens with zero attached hydrogens (tertiary/aromatic N) is 1. The molecule has 0 aliphatic heterocycles. The summed E-state index contributed by atoms with van der Waals surface area (Å²) in [5.41, 5.74) is -0.505. The van der Waals surface area contributed by atoms with E-state index >= 15 is 0 Å². The van der Waals surface area contributed by atoms with E-state index < -0.39 is 5.54 Å². The number of hydrogen-bond acceptors (Lipinski definition) is 4. The Bertz CT molecular complexity index is 333. The maximum atomic E-state index is 12.6. The van der Waals surface area contributed by atoms with Gasteiger partial charge in [0.25, 0.3) is 0 Å². The normalized spacial score (nSPS) is 27.9. The van der Waals surface area contributed by atoms with Gasteiger partial charge in [-0.2, -0.15) is 0 Å². The Morgan fingerprint density at radius 2 is 2.05 bits per heavy atom. The predicted octanol–water partition coefficient (Wildman–Crippen LogP) is 2.96.